The van der Waals surface area contributed by atoms with Gasteiger partial charge in [0.2, 0.25) is 0 Å². The average molecular weight is 384 g/mol. The molecule has 3 rings (SSSR count). The summed E-state index contributed by atoms with van der Waals surface area (Å²) in [5.74, 6) is 0.303. The summed E-state index contributed by atoms with van der Waals surface area (Å²) in [7, 11) is 1.83. The first kappa shape index (κ1) is 19.2. The number of carbonyl (C=O) groups is 1. The van der Waals surface area contributed by atoms with E-state index in [4.69, 9.17) is 9.15 Å². The monoisotopic (exact) mass is 384 g/mol. The predicted octanol–water partition coefficient (Wildman–Crippen LogP) is 3.05. The van der Waals surface area contributed by atoms with Gasteiger partial charge in [-0.25, -0.2) is 0 Å². The number of aromatic nitrogens is 2. The van der Waals surface area contributed by atoms with Gasteiger partial charge in [-0.05, 0) is 37.6 Å². The summed E-state index contributed by atoms with van der Waals surface area (Å²) in [6.45, 7) is 3.99. The number of hydrogen-bond donors (Lipinski definition) is 1. The van der Waals surface area contributed by atoms with Crippen LogP contribution in [0.4, 0.5) is 5.69 Å². The fraction of sp³-hybridized carbons (Fsp3) is 0.263. The lowest BCUT2D eigenvalue weighted by Gasteiger charge is -2.06. The molecule has 1 aromatic carbocycles. The van der Waals surface area contributed by atoms with Crippen LogP contribution >= 0.6 is 0 Å². The van der Waals surface area contributed by atoms with Gasteiger partial charge < -0.3 is 14.5 Å². The minimum Gasteiger partial charge on any atom is -0.479 e. The molecule has 0 saturated heterocycles. The topological polar surface area (TPSA) is 112 Å². The van der Waals surface area contributed by atoms with E-state index >= 15 is 0 Å². The van der Waals surface area contributed by atoms with Crippen molar-refractivity contribution in [3.05, 3.63) is 75.0 Å². The van der Waals surface area contributed by atoms with Crippen molar-refractivity contribution in [2.75, 3.05) is 0 Å². The SMILES string of the molecule is Cc1ccc(OCc2ccc(C(=O)NCc3cnn(C)c3C)o2)c([N+](=O)[O-])c1. The van der Waals surface area contributed by atoms with Crippen molar-refractivity contribution in [1.29, 1.82) is 0 Å². The molecule has 0 fully saturated rings. The van der Waals surface area contributed by atoms with Gasteiger partial charge in [0.25, 0.3) is 5.91 Å². The molecule has 28 heavy (non-hydrogen) atoms. The Bertz CT molecular complexity index is 1020. The highest BCUT2D eigenvalue weighted by molar-refractivity contribution is 5.91. The third kappa shape index (κ3) is 4.20. The first-order valence-electron chi connectivity index (χ1n) is 8.57. The van der Waals surface area contributed by atoms with Crippen LogP contribution in [0.25, 0.3) is 0 Å². The van der Waals surface area contributed by atoms with Gasteiger partial charge in [-0.2, -0.15) is 5.10 Å². The minimum absolute atomic E-state index is 0.0289. The van der Waals surface area contributed by atoms with Crippen molar-refractivity contribution in [2.24, 2.45) is 7.05 Å². The Kier molecular flexibility index (Phi) is 5.44. The smallest absolute Gasteiger partial charge is 0.311 e. The molecule has 2 aromatic heterocycles. The van der Waals surface area contributed by atoms with Crippen molar-refractivity contribution in [3.8, 4) is 5.75 Å². The van der Waals surface area contributed by atoms with E-state index in [9.17, 15) is 14.9 Å². The van der Waals surface area contributed by atoms with Gasteiger partial charge in [0.1, 0.15) is 12.4 Å². The summed E-state index contributed by atoms with van der Waals surface area (Å²) < 4.78 is 12.7. The zero-order valence-corrected chi connectivity index (χ0v) is 15.8. The first-order valence-corrected chi connectivity index (χ1v) is 8.57. The Morgan fingerprint density at radius 2 is 2.11 bits per heavy atom. The lowest BCUT2D eigenvalue weighted by Crippen LogP contribution is -2.22. The number of nitro benzene ring substituents is 1. The van der Waals surface area contributed by atoms with Crippen LogP contribution in [0.15, 0.2) is 40.9 Å². The standard InChI is InChI=1S/C19H20N4O5/c1-12-4-6-17(16(8-12)23(25)26)27-11-15-5-7-18(28-15)19(24)20-9-14-10-21-22(3)13(14)2/h4-8,10H,9,11H2,1-3H3,(H,20,24). The molecule has 146 valence electrons. The molecule has 0 radical (unpaired) electrons. The highest BCUT2D eigenvalue weighted by Gasteiger charge is 2.17. The largest absolute Gasteiger partial charge is 0.479 e. The summed E-state index contributed by atoms with van der Waals surface area (Å²) in [6, 6.07) is 7.85. The molecule has 1 amide bonds. The van der Waals surface area contributed by atoms with E-state index < -0.39 is 4.92 Å². The van der Waals surface area contributed by atoms with Crippen molar-refractivity contribution < 1.29 is 18.9 Å². The third-order valence-corrected chi connectivity index (χ3v) is 4.34. The Balaban J connectivity index is 1.60. The molecule has 9 heteroatoms. The van der Waals surface area contributed by atoms with Crippen LogP contribution in [0.2, 0.25) is 0 Å². The molecule has 0 saturated carbocycles. The molecule has 3 aromatic rings. The maximum absolute atomic E-state index is 12.2. The van der Waals surface area contributed by atoms with Crippen LogP contribution in [0.5, 0.6) is 5.75 Å². The molecule has 0 aliphatic rings. The van der Waals surface area contributed by atoms with Crippen LogP contribution < -0.4 is 10.1 Å². The van der Waals surface area contributed by atoms with E-state index in [1.165, 1.54) is 12.1 Å². The number of hydrogen-bond acceptors (Lipinski definition) is 6. The van der Waals surface area contributed by atoms with Gasteiger partial charge >= 0.3 is 5.69 Å². The first-order chi connectivity index (χ1) is 13.3. The summed E-state index contributed by atoms with van der Waals surface area (Å²) >= 11 is 0. The molecular weight excluding hydrogens is 364 g/mol. The molecule has 1 N–H and O–H groups in total. The lowest BCUT2D eigenvalue weighted by atomic mass is 10.2. The van der Waals surface area contributed by atoms with Crippen LogP contribution in [0.1, 0.15) is 33.1 Å². The summed E-state index contributed by atoms with van der Waals surface area (Å²) in [5.41, 5.74) is 2.53. The van der Waals surface area contributed by atoms with Crippen molar-refractivity contribution >= 4 is 11.6 Å². The molecule has 0 spiro atoms. The number of nitrogens with zero attached hydrogens (tertiary/aromatic N) is 3. The van der Waals surface area contributed by atoms with Gasteiger partial charge in [0, 0.05) is 30.9 Å². The maximum atomic E-state index is 12.2. The molecular formula is C19H20N4O5. The number of benzene rings is 1. The molecule has 2 heterocycles. The van der Waals surface area contributed by atoms with E-state index in [0.29, 0.717) is 12.3 Å². The number of carbonyl (C=O) groups excluding carboxylic acids is 1. The second kappa shape index (κ2) is 7.95. The number of amides is 1. The van der Waals surface area contributed by atoms with Crippen molar-refractivity contribution in [1.82, 2.24) is 15.1 Å². The van der Waals surface area contributed by atoms with E-state index in [2.05, 4.69) is 10.4 Å². The van der Waals surface area contributed by atoms with E-state index in [-0.39, 0.29) is 29.7 Å². The lowest BCUT2D eigenvalue weighted by molar-refractivity contribution is -0.386. The normalized spacial score (nSPS) is 10.7. The summed E-state index contributed by atoms with van der Waals surface area (Å²) in [5, 5.41) is 18.0. The highest BCUT2D eigenvalue weighted by atomic mass is 16.6. The van der Waals surface area contributed by atoms with E-state index in [1.54, 1.807) is 36.0 Å². The number of rotatable bonds is 7. The maximum Gasteiger partial charge on any atom is 0.311 e. The number of nitrogens with one attached hydrogen (secondary N) is 1. The number of furan rings is 1. The summed E-state index contributed by atoms with van der Waals surface area (Å²) in [6.07, 6.45) is 1.70. The fourth-order valence-electron chi connectivity index (χ4n) is 2.60. The second-order valence-corrected chi connectivity index (χ2v) is 6.34. The predicted molar refractivity (Wildman–Crippen MR) is 100.0 cm³/mol. The fourth-order valence-corrected chi connectivity index (χ4v) is 2.60. The van der Waals surface area contributed by atoms with E-state index in [1.807, 2.05) is 14.0 Å². The molecule has 9 nitrogen and oxygen atoms in total. The average Bonchev–Trinajstić information content (AvgIpc) is 3.26. The van der Waals surface area contributed by atoms with Crippen molar-refractivity contribution in [3.63, 3.8) is 0 Å². The Hall–Kier alpha value is -3.62. The molecule has 0 bridgehead atoms. The Morgan fingerprint density at radius 3 is 2.79 bits per heavy atom. The highest BCUT2D eigenvalue weighted by Crippen LogP contribution is 2.28. The molecule has 0 atom stereocenters. The van der Waals surface area contributed by atoms with Crippen LogP contribution in [-0.4, -0.2) is 20.6 Å². The number of aryl methyl sites for hydroxylation is 2. The zero-order valence-electron chi connectivity index (χ0n) is 15.8. The Morgan fingerprint density at radius 1 is 1.32 bits per heavy atom. The summed E-state index contributed by atoms with van der Waals surface area (Å²) in [4.78, 5) is 22.9. The third-order valence-electron chi connectivity index (χ3n) is 4.34. The van der Waals surface area contributed by atoms with Gasteiger partial charge in [-0.15, -0.1) is 0 Å². The van der Waals surface area contributed by atoms with Gasteiger partial charge in [0.15, 0.2) is 11.5 Å². The van der Waals surface area contributed by atoms with Crippen molar-refractivity contribution in [2.45, 2.75) is 27.0 Å². The minimum atomic E-state index is -0.496. The quantitative estimate of drug-likeness (QED) is 0.495. The zero-order chi connectivity index (χ0) is 20.3. The van der Waals surface area contributed by atoms with Crippen LogP contribution in [0, 0.1) is 24.0 Å². The van der Waals surface area contributed by atoms with E-state index in [0.717, 1.165) is 16.8 Å². The molecule has 0 aliphatic heterocycles. The molecule has 0 unspecified atom stereocenters. The van der Waals surface area contributed by atoms with Gasteiger partial charge in [-0.3, -0.25) is 19.6 Å². The van der Waals surface area contributed by atoms with Crippen LogP contribution in [0.3, 0.4) is 0 Å². The number of ether oxygens (including phenoxy) is 1. The van der Waals surface area contributed by atoms with Gasteiger partial charge in [0.05, 0.1) is 11.1 Å². The van der Waals surface area contributed by atoms with Crippen LogP contribution in [-0.2, 0) is 20.2 Å². The number of nitro groups is 1. The Labute approximate surface area is 161 Å². The van der Waals surface area contributed by atoms with Gasteiger partial charge in [-0.1, -0.05) is 6.07 Å². The second-order valence-electron chi connectivity index (χ2n) is 6.34. The molecule has 0 aliphatic carbocycles.